The normalized spacial score (nSPS) is 11.4. The molecule has 176 valence electrons. The Morgan fingerprint density at radius 1 is 0.800 bits per heavy atom. The number of amides is 3. The lowest BCUT2D eigenvalue weighted by molar-refractivity contribution is -0.605. The number of benzene rings is 3. The highest BCUT2D eigenvalue weighted by Gasteiger charge is 2.25. The molecular weight excluding hydrogens is 471 g/mol. The summed E-state index contributed by atoms with van der Waals surface area (Å²) in [5, 5.41) is 19.6. The first-order valence-electron chi connectivity index (χ1n) is 10.6. The van der Waals surface area contributed by atoms with E-state index in [1.54, 1.807) is 66.7 Å². The van der Waals surface area contributed by atoms with Gasteiger partial charge in [-0.1, -0.05) is 41.9 Å². The molecule has 1 atom stereocenters. The number of aromatic nitrogens is 1. The molecular formula is C26H20ClFN4O3. The zero-order chi connectivity index (χ0) is 24.8. The smallest absolute Gasteiger partial charge is 0.320 e. The van der Waals surface area contributed by atoms with Crippen LogP contribution in [0.1, 0.15) is 11.6 Å². The topological polar surface area (TPSA) is 97.2 Å². The van der Waals surface area contributed by atoms with Gasteiger partial charge in [-0.3, -0.25) is 4.79 Å². The minimum Gasteiger partial charge on any atom is -0.619 e. The number of nitrogens with one attached hydrogen (secondary N) is 3. The van der Waals surface area contributed by atoms with Gasteiger partial charge in [0, 0.05) is 34.1 Å². The monoisotopic (exact) mass is 490 g/mol. The predicted molar refractivity (Wildman–Crippen MR) is 132 cm³/mol. The third kappa shape index (κ3) is 6.13. The second kappa shape index (κ2) is 10.7. The molecule has 0 fully saturated rings. The number of nitrogens with zero attached hydrogens (tertiary/aromatic N) is 1. The highest BCUT2D eigenvalue weighted by atomic mass is 35.5. The van der Waals surface area contributed by atoms with Crippen LogP contribution in [0.5, 0.6) is 0 Å². The van der Waals surface area contributed by atoms with Crippen molar-refractivity contribution in [3.63, 3.8) is 0 Å². The fourth-order valence-corrected chi connectivity index (χ4v) is 3.52. The molecule has 0 spiro atoms. The average molecular weight is 491 g/mol. The first kappa shape index (κ1) is 23.7. The molecule has 3 N–H and O–H groups in total. The van der Waals surface area contributed by atoms with Gasteiger partial charge in [0.1, 0.15) is 11.9 Å². The van der Waals surface area contributed by atoms with E-state index < -0.39 is 23.8 Å². The fraction of sp³-hybridized carbons (Fsp3) is 0.0385. The zero-order valence-electron chi connectivity index (χ0n) is 18.2. The summed E-state index contributed by atoms with van der Waals surface area (Å²) in [7, 11) is 0. The molecule has 1 heterocycles. The Kier molecular flexibility index (Phi) is 7.23. The van der Waals surface area contributed by atoms with Crippen LogP contribution in [0, 0.1) is 11.0 Å². The van der Waals surface area contributed by atoms with E-state index in [9.17, 15) is 19.2 Å². The van der Waals surface area contributed by atoms with Crippen molar-refractivity contribution < 1.29 is 18.7 Å². The van der Waals surface area contributed by atoms with Crippen molar-refractivity contribution in [2.24, 2.45) is 0 Å². The quantitative estimate of drug-likeness (QED) is 0.253. The Labute approximate surface area is 205 Å². The van der Waals surface area contributed by atoms with Crippen LogP contribution < -0.4 is 20.7 Å². The highest BCUT2D eigenvalue weighted by Crippen LogP contribution is 2.23. The molecule has 9 heteroatoms. The second-order valence-electron chi connectivity index (χ2n) is 7.57. The molecule has 3 amide bonds. The Morgan fingerprint density at radius 3 is 2.03 bits per heavy atom. The van der Waals surface area contributed by atoms with Crippen LogP contribution in [0.3, 0.4) is 0 Å². The summed E-state index contributed by atoms with van der Waals surface area (Å²) in [5.41, 5.74) is 2.60. The van der Waals surface area contributed by atoms with Crippen molar-refractivity contribution in [2.45, 2.75) is 6.04 Å². The highest BCUT2D eigenvalue weighted by molar-refractivity contribution is 6.30. The Morgan fingerprint density at radius 2 is 1.37 bits per heavy atom. The van der Waals surface area contributed by atoms with Crippen molar-refractivity contribution >= 4 is 34.9 Å². The third-order valence-electron chi connectivity index (χ3n) is 5.14. The Hall–Kier alpha value is -4.43. The largest absolute Gasteiger partial charge is 0.619 e. The standard InChI is InChI=1S/C26H20ClFN4O3/c27-19-7-11-21(12-8-19)30-26(34)31-24(22-3-1-2-4-23(22)28)25(33)29-20-9-5-17(6-10-20)18-13-15-32(35)16-14-18/h1-16,24H,(H,29,33)(H2,30,31,34). The van der Waals surface area contributed by atoms with Gasteiger partial charge in [0.05, 0.1) is 0 Å². The van der Waals surface area contributed by atoms with Crippen LogP contribution >= 0.6 is 11.6 Å². The SMILES string of the molecule is O=C(Nc1ccc(Cl)cc1)NC(C(=O)Nc1ccc(-c2cc[n+]([O-])cc2)cc1)c1ccccc1F. The molecule has 0 aliphatic heterocycles. The van der Waals surface area contributed by atoms with Gasteiger partial charge in [0.2, 0.25) is 0 Å². The van der Waals surface area contributed by atoms with Crippen LogP contribution in [0.25, 0.3) is 11.1 Å². The zero-order valence-corrected chi connectivity index (χ0v) is 19.0. The number of carbonyl (C=O) groups is 2. The maximum Gasteiger partial charge on any atom is 0.320 e. The predicted octanol–water partition coefficient (Wildman–Crippen LogP) is 5.28. The van der Waals surface area contributed by atoms with E-state index in [4.69, 9.17) is 11.6 Å². The van der Waals surface area contributed by atoms with Crippen molar-refractivity contribution in [3.05, 3.63) is 119 Å². The molecule has 1 aromatic heterocycles. The Bertz CT molecular complexity index is 1330. The van der Waals surface area contributed by atoms with E-state index in [-0.39, 0.29) is 5.56 Å². The minimum atomic E-state index is -1.30. The molecule has 7 nitrogen and oxygen atoms in total. The molecule has 35 heavy (non-hydrogen) atoms. The number of halogens is 2. The van der Waals surface area contributed by atoms with Crippen LogP contribution in [0.4, 0.5) is 20.6 Å². The van der Waals surface area contributed by atoms with Crippen LogP contribution in [0.2, 0.25) is 5.02 Å². The van der Waals surface area contributed by atoms with Crippen LogP contribution in [-0.4, -0.2) is 11.9 Å². The summed E-state index contributed by atoms with van der Waals surface area (Å²) in [6.45, 7) is 0. The summed E-state index contributed by atoms with van der Waals surface area (Å²) < 4.78 is 15.2. The summed E-state index contributed by atoms with van der Waals surface area (Å²) in [6.07, 6.45) is 2.79. The lowest BCUT2D eigenvalue weighted by atomic mass is 10.0. The van der Waals surface area contributed by atoms with Crippen molar-refractivity contribution in [1.29, 1.82) is 0 Å². The van der Waals surface area contributed by atoms with Gasteiger partial charge in [-0.15, -0.1) is 0 Å². The molecule has 0 saturated carbocycles. The van der Waals surface area contributed by atoms with Crippen LogP contribution in [-0.2, 0) is 4.79 Å². The molecule has 3 aromatic carbocycles. The third-order valence-corrected chi connectivity index (χ3v) is 5.40. The molecule has 0 radical (unpaired) electrons. The van der Waals surface area contributed by atoms with Gasteiger partial charge in [-0.05, 0) is 53.6 Å². The molecule has 0 saturated heterocycles. The Balaban J connectivity index is 1.51. The lowest BCUT2D eigenvalue weighted by Gasteiger charge is -2.20. The van der Waals surface area contributed by atoms with Gasteiger partial charge in [-0.2, -0.15) is 4.73 Å². The molecule has 0 aliphatic rings. The van der Waals surface area contributed by atoms with Crippen molar-refractivity contribution in [1.82, 2.24) is 5.32 Å². The number of pyridine rings is 1. The van der Waals surface area contributed by atoms with Gasteiger partial charge in [0.15, 0.2) is 12.4 Å². The molecule has 4 aromatic rings. The minimum absolute atomic E-state index is 0.0167. The van der Waals surface area contributed by atoms with Gasteiger partial charge < -0.3 is 21.2 Å². The summed E-state index contributed by atoms with van der Waals surface area (Å²) in [5.74, 6) is -1.25. The first-order chi connectivity index (χ1) is 16.9. The number of urea groups is 1. The van der Waals surface area contributed by atoms with E-state index in [1.807, 2.05) is 0 Å². The summed E-state index contributed by atoms with van der Waals surface area (Å²) >= 11 is 5.86. The first-order valence-corrected chi connectivity index (χ1v) is 10.9. The van der Waals surface area contributed by atoms with E-state index in [2.05, 4.69) is 16.0 Å². The van der Waals surface area contributed by atoms with E-state index in [0.717, 1.165) is 11.1 Å². The van der Waals surface area contributed by atoms with Crippen molar-refractivity contribution in [3.8, 4) is 11.1 Å². The maximum atomic E-state index is 14.5. The molecule has 4 rings (SSSR count). The second-order valence-corrected chi connectivity index (χ2v) is 8.01. The number of hydrogen-bond acceptors (Lipinski definition) is 3. The maximum absolute atomic E-state index is 14.5. The number of rotatable bonds is 6. The van der Waals surface area contributed by atoms with E-state index >= 15 is 0 Å². The number of hydrogen-bond donors (Lipinski definition) is 3. The lowest BCUT2D eigenvalue weighted by Crippen LogP contribution is -2.39. The fourth-order valence-electron chi connectivity index (χ4n) is 3.39. The average Bonchev–Trinajstić information content (AvgIpc) is 2.85. The van der Waals surface area contributed by atoms with Crippen molar-refractivity contribution in [2.75, 3.05) is 10.6 Å². The number of carbonyl (C=O) groups excluding carboxylic acids is 2. The van der Waals surface area contributed by atoms with Gasteiger partial charge in [0.25, 0.3) is 5.91 Å². The summed E-state index contributed by atoms with van der Waals surface area (Å²) in [6, 6.07) is 20.4. The van der Waals surface area contributed by atoms with E-state index in [0.29, 0.717) is 21.1 Å². The van der Waals surface area contributed by atoms with Gasteiger partial charge in [-0.25, -0.2) is 9.18 Å². The summed E-state index contributed by atoms with van der Waals surface area (Å²) in [4.78, 5) is 25.7. The molecule has 1 unspecified atom stereocenters. The molecule has 0 bridgehead atoms. The number of anilines is 2. The van der Waals surface area contributed by atoms with Gasteiger partial charge >= 0.3 is 6.03 Å². The molecule has 0 aliphatic carbocycles. The van der Waals surface area contributed by atoms with E-state index in [1.165, 1.54) is 30.6 Å². The van der Waals surface area contributed by atoms with Crippen LogP contribution in [0.15, 0.2) is 97.3 Å².